The molecule has 118 valence electrons. The highest BCUT2D eigenvalue weighted by Crippen LogP contribution is 2.29. The molecule has 0 heterocycles. The van der Waals surface area contributed by atoms with Crippen LogP contribution >= 0.6 is 15.9 Å². The molecular weight excluding hydrogens is 334 g/mol. The smallest absolute Gasteiger partial charge is 0.260 e. The van der Waals surface area contributed by atoms with Crippen LogP contribution in [0.2, 0.25) is 0 Å². The highest BCUT2D eigenvalue weighted by atomic mass is 79.9. The van der Waals surface area contributed by atoms with Crippen LogP contribution in [0.3, 0.4) is 0 Å². The molecular formula is C16H24BrNO3. The number of aliphatic hydroxyl groups is 1. The Labute approximate surface area is 135 Å². The molecule has 3 unspecified atom stereocenters. The van der Waals surface area contributed by atoms with Crippen molar-refractivity contribution in [2.75, 3.05) is 0 Å². The summed E-state index contributed by atoms with van der Waals surface area (Å²) in [5, 5.41) is 12.7. The van der Waals surface area contributed by atoms with Crippen LogP contribution in [0.1, 0.15) is 52.2 Å². The number of hydrogen-bond acceptors (Lipinski definition) is 3. The second kappa shape index (κ2) is 8.39. The summed E-state index contributed by atoms with van der Waals surface area (Å²) in [5.41, 5.74) is 0.658. The molecule has 0 aliphatic heterocycles. The van der Waals surface area contributed by atoms with Crippen molar-refractivity contribution in [2.24, 2.45) is 0 Å². The Balaban J connectivity index is 2.74. The van der Waals surface area contributed by atoms with Crippen LogP contribution in [-0.2, 0) is 4.79 Å². The summed E-state index contributed by atoms with van der Waals surface area (Å²) in [7, 11) is 0. The second-order valence-corrected chi connectivity index (χ2v) is 6.23. The molecule has 0 saturated heterocycles. The predicted molar refractivity (Wildman–Crippen MR) is 87.4 cm³/mol. The van der Waals surface area contributed by atoms with Gasteiger partial charge in [-0.05, 0) is 45.4 Å². The predicted octanol–water partition coefficient (Wildman–Crippen LogP) is 3.57. The molecule has 3 atom stereocenters. The zero-order valence-corrected chi connectivity index (χ0v) is 14.6. The van der Waals surface area contributed by atoms with Crippen molar-refractivity contribution in [1.29, 1.82) is 0 Å². The maximum atomic E-state index is 12.1. The molecule has 0 radical (unpaired) electrons. The summed E-state index contributed by atoms with van der Waals surface area (Å²) in [6.07, 6.45) is 0.695. The van der Waals surface area contributed by atoms with E-state index in [9.17, 15) is 9.90 Å². The minimum absolute atomic E-state index is 0.134. The number of benzene rings is 1. The van der Waals surface area contributed by atoms with E-state index in [4.69, 9.17) is 4.74 Å². The molecule has 1 rings (SSSR count). The molecule has 2 N–H and O–H groups in total. The molecule has 0 aliphatic rings. The van der Waals surface area contributed by atoms with Gasteiger partial charge in [0.25, 0.3) is 5.91 Å². The van der Waals surface area contributed by atoms with Gasteiger partial charge in [-0.15, -0.1) is 0 Å². The van der Waals surface area contributed by atoms with Crippen molar-refractivity contribution < 1.29 is 14.6 Å². The van der Waals surface area contributed by atoms with Gasteiger partial charge in [0, 0.05) is 16.1 Å². The molecule has 0 saturated carbocycles. The third kappa shape index (κ3) is 5.67. The van der Waals surface area contributed by atoms with E-state index in [-0.39, 0.29) is 11.9 Å². The number of amides is 1. The van der Waals surface area contributed by atoms with Crippen molar-refractivity contribution >= 4 is 21.8 Å². The number of halogens is 1. The molecule has 0 spiro atoms. The van der Waals surface area contributed by atoms with Gasteiger partial charge in [0.15, 0.2) is 6.10 Å². The molecule has 1 aromatic rings. The average Bonchev–Trinajstić information content (AvgIpc) is 2.40. The maximum Gasteiger partial charge on any atom is 0.260 e. The first kappa shape index (κ1) is 18.0. The van der Waals surface area contributed by atoms with Crippen molar-refractivity contribution in [3.8, 4) is 5.75 Å². The van der Waals surface area contributed by atoms with E-state index in [1.54, 1.807) is 26.0 Å². The number of aliphatic hydroxyl groups excluding tert-OH is 1. The number of ether oxygens (including phenoxy) is 1. The average molecular weight is 358 g/mol. The van der Waals surface area contributed by atoms with Crippen LogP contribution in [0.25, 0.3) is 0 Å². The van der Waals surface area contributed by atoms with E-state index in [1.807, 2.05) is 13.0 Å². The van der Waals surface area contributed by atoms with Gasteiger partial charge in [-0.25, -0.2) is 0 Å². The largest absolute Gasteiger partial charge is 0.481 e. The standard InChI is InChI=1S/C16H24BrNO3/c1-5-6-10(2)18-16(20)12(4)21-15-8-7-13(17)9-14(15)11(3)19/h7-12,19H,5-6H2,1-4H3,(H,18,20). The minimum atomic E-state index is -0.660. The van der Waals surface area contributed by atoms with E-state index < -0.39 is 12.2 Å². The van der Waals surface area contributed by atoms with Gasteiger partial charge in [0.1, 0.15) is 5.75 Å². The zero-order valence-electron chi connectivity index (χ0n) is 13.0. The van der Waals surface area contributed by atoms with Crippen LogP contribution in [0.5, 0.6) is 5.75 Å². The summed E-state index contributed by atoms with van der Waals surface area (Å²) in [6, 6.07) is 5.51. The summed E-state index contributed by atoms with van der Waals surface area (Å²) in [6.45, 7) is 7.44. The lowest BCUT2D eigenvalue weighted by atomic mass is 10.1. The Kier molecular flexibility index (Phi) is 7.18. The summed E-state index contributed by atoms with van der Waals surface area (Å²) in [5.74, 6) is 0.384. The first-order chi connectivity index (χ1) is 9.85. The quantitative estimate of drug-likeness (QED) is 0.783. The normalized spacial score (nSPS) is 15.1. The van der Waals surface area contributed by atoms with Crippen molar-refractivity contribution in [1.82, 2.24) is 5.32 Å². The van der Waals surface area contributed by atoms with Gasteiger partial charge in [0.05, 0.1) is 6.10 Å². The van der Waals surface area contributed by atoms with Crippen molar-refractivity contribution in [2.45, 2.75) is 58.8 Å². The van der Waals surface area contributed by atoms with Crippen molar-refractivity contribution in [3.63, 3.8) is 0 Å². The fraction of sp³-hybridized carbons (Fsp3) is 0.562. The van der Waals surface area contributed by atoms with Gasteiger partial charge in [-0.2, -0.15) is 0 Å². The summed E-state index contributed by atoms with van der Waals surface area (Å²) >= 11 is 3.36. The molecule has 1 aromatic carbocycles. The maximum absolute atomic E-state index is 12.1. The van der Waals surface area contributed by atoms with Crippen molar-refractivity contribution in [3.05, 3.63) is 28.2 Å². The Bertz CT molecular complexity index is 477. The van der Waals surface area contributed by atoms with E-state index in [0.29, 0.717) is 11.3 Å². The Morgan fingerprint density at radius 3 is 2.62 bits per heavy atom. The summed E-state index contributed by atoms with van der Waals surface area (Å²) < 4.78 is 6.57. The van der Waals surface area contributed by atoms with Gasteiger partial charge in [0.2, 0.25) is 0 Å². The zero-order chi connectivity index (χ0) is 16.0. The lowest BCUT2D eigenvalue weighted by molar-refractivity contribution is -0.128. The molecule has 4 nitrogen and oxygen atoms in total. The van der Waals surface area contributed by atoms with E-state index in [2.05, 4.69) is 28.2 Å². The summed E-state index contributed by atoms with van der Waals surface area (Å²) in [4.78, 5) is 12.1. The molecule has 21 heavy (non-hydrogen) atoms. The van der Waals surface area contributed by atoms with Gasteiger partial charge < -0.3 is 15.2 Å². The van der Waals surface area contributed by atoms with E-state index in [1.165, 1.54) is 0 Å². The highest BCUT2D eigenvalue weighted by molar-refractivity contribution is 9.10. The number of carbonyl (C=O) groups excluding carboxylic acids is 1. The lowest BCUT2D eigenvalue weighted by Crippen LogP contribution is -2.41. The van der Waals surface area contributed by atoms with E-state index in [0.717, 1.165) is 17.3 Å². The fourth-order valence-corrected chi connectivity index (χ4v) is 2.44. The van der Waals surface area contributed by atoms with Crippen LogP contribution < -0.4 is 10.1 Å². The fourth-order valence-electron chi connectivity index (χ4n) is 2.06. The molecule has 1 amide bonds. The third-order valence-electron chi connectivity index (χ3n) is 3.21. The SMILES string of the molecule is CCCC(C)NC(=O)C(C)Oc1ccc(Br)cc1C(C)O. The Morgan fingerprint density at radius 2 is 2.05 bits per heavy atom. The minimum Gasteiger partial charge on any atom is -0.481 e. The van der Waals surface area contributed by atoms with Gasteiger partial charge >= 0.3 is 0 Å². The second-order valence-electron chi connectivity index (χ2n) is 5.32. The van der Waals surface area contributed by atoms with Crippen LogP contribution in [0.15, 0.2) is 22.7 Å². The van der Waals surface area contributed by atoms with Gasteiger partial charge in [-0.3, -0.25) is 4.79 Å². The topological polar surface area (TPSA) is 58.6 Å². The Hall–Kier alpha value is -1.07. The first-order valence-electron chi connectivity index (χ1n) is 7.29. The molecule has 0 aliphatic carbocycles. The first-order valence-corrected chi connectivity index (χ1v) is 8.09. The number of carbonyl (C=O) groups is 1. The molecule has 0 bridgehead atoms. The third-order valence-corrected chi connectivity index (χ3v) is 3.70. The lowest BCUT2D eigenvalue weighted by Gasteiger charge is -2.20. The van der Waals surface area contributed by atoms with Crippen LogP contribution in [0, 0.1) is 0 Å². The molecule has 5 heteroatoms. The highest BCUT2D eigenvalue weighted by Gasteiger charge is 2.19. The van der Waals surface area contributed by atoms with Crippen LogP contribution in [0.4, 0.5) is 0 Å². The molecule has 0 fully saturated rings. The van der Waals surface area contributed by atoms with E-state index >= 15 is 0 Å². The number of nitrogens with one attached hydrogen (secondary N) is 1. The molecule has 0 aromatic heterocycles. The number of hydrogen-bond donors (Lipinski definition) is 2. The number of rotatable bonds is 7. The monoisotopic (exact) mass is 357 g/mol. The Morgan fingerprint density at radius 1 is 1.38 bits per heavy atom. The van der Waals surface area contributed by atoms with Crippen LogP contribution in [-0.4, -0.2) is 23.2 Å². The van der Waals surface area contributed by atoms with Gasteiger partial charge in [-0.1, -0.05) is 29.3 Å².